The lowest BCUT2D eigenvalue weighted by atomic mass is 10.1. The smallest absolute Gasteiger partial charge is 0.276 e. The third kappa shape index (κ3) is 2.96. The molecule has 6 nitrogen and oxygen atoms in total. The minimum Gasteiger partial charge on any atom is -0.391 e. The Labute approximate surface area is 94.2 Å². The van der Waals surface area contributed by atoms with Gasteiger partial charge in [0.2, 0.25) is 0 Å². The van der Waals surface area contributed by atoms with Crippen LogP contribution in [0.3, 0.4) is 0 Å². The van der Waals surface area contributed by atoms with Gasteiger partial charge in [0.1, 0.15) is 5.69 Å². The number of methoxy groups -OCH3 is 1. The molecule has 0 aliphatic heterocycles. The number of ether oxygens (including phenoxy) is 1. The molecule has 1 aromatic heterocycles. The summed E-state index contributed by atoms with van der Waals surface area (Å²) in [7, 11) is 1.63. The Hall–Kier alpha value is -1.56. The molecule has 90 valence electrons. The third-order valence-corrected chi connectivity index (χ3v) is 2.36. The Morgan fingerprint density at radius 1 is 1.62 bits per heavy atom. The van der Waals surface area contributed by atoms with E-state index in [9.17, 15) is 4.79 Å². The number of rotatable bonds is 5. The van der Waals surface area contributed by atoms with Crippen molar-refractivity contribution in [2.75, 3.05) is 24.8 Å². The molecule has 0 aliphatic rings. The molecule has 0 spiro atoms. The van der Waals surface area contributed by atoms with Crippen LogP contribution < -0.4 is 16.6 Å². The zero-order valence-electron chi connectivity index (χ0n) is 9.78. The molecule has 0 bridgehead atoms. The maximum absolute atomic E-state index is 11.3. The minimum absolute atomic E-state index is 0.0709. The van der Waals surface area contributed by atoms with Crippen molar-refractivity contribution in [3.63, 3.8) is 0 Å². The number of nitrogen functional groups attached to an aromatic ring is 1. The lowest BCUT2D eigenvalue weighted by Gasteiger charge is -2.22. The molecule has 16 heavy (non-hydrogen) atoms. The van der Waals surface area contributed by atoms with Crippen LogP contribution in [0.2, 0.25) is 0 Å². The molecule has 0 fully saturated rings. The van der Waals surface area contributed by atoms with Crippen molar-refractivity contribution < 1.29 is 4.74 Å². The standard InChI is InChI=1S/C10H18N4O2/c1-6(2)7(4-16-3)14-9-8(11)10(15)13-5-12-9/h5-7H,4,11H2,1-3H3,(H2,12,13,14,15). The summed E-state index contributed by atoms with van der Waals surface area (Å²) in [5.41, 5.74) is 5.38. The van der Waals surface area contributed by atoms with Gasteiger partial charge in [-0.3, -0.25) is 4.79 Å². The Morgan fingerprint density at radius 2 is 2.31 bits per heavy atom. The molecule has 0 radical (unpaired) electrons. The molecule has 0 saturated carbocycles. The van der Waals surface area contributed by atoms with Gasteiger partial charge in [-0.05, 0) is 5.92 Å². The maximum Gasteiger partial charge on any atom is 0.276 e. The fourth-order valence-electron chi connectivity index (χ4n) is 1.28. The van der Waals surface area contributed by atoms with Gasteiger partial charge in [0, 0.05) is 7.11 Å². The van der Waals surface area contributed by atoms with E-state index in [-0.39, 0.29) is 17.3 Å². The molecule has 6 heteroatoms. The zero-order valence-corrected chi connectivity index (χ0v) is 9.78. The van der Waals surface area contributed by atoms with Crippen LogP contribution in [-0.4, -0.2) is 29.7 Å². The zero-order chi connectivity index (χ0) is 12.1. The molecule has 0 aliphatic carbocycles. The number of nitrogens with two attached hydrogens (primary N) is 1. The van der Waals surface area contributed by atoms with E-state index in [1.807, 2.05) is 0 Å². The first-order chi connectivity index (χ1) is 7.56. The van der Waals surface area contributed by atoms with Crippen molar-refractivity contribution in [3.05, 3.63) is 16.7 Å². The molecule has 1 rings (SSSR count). The number of anilines is 2. The number of nitrogens with zero attached hydrogens (tertiary/aromatic N) is 1. The van der Waals surface area contributed by atoms with Crippen molar-refractivity contribution in [2.24, 2.45) is 5.92 Å². The van der Waals surface area contributed by atoms with E-state index in [1.165, 1.54) is 6.33 Å². The molecule has 1 heterocycles. The van der Waals surface area contributed by atoms with Crippen molar-refractivity contribution in [1.29, 1.82) is 0 Å². The van der Waals surface area contributed by atoms with Crippen molar-refractivity contribution in [3.8, 4) is 0 Å². The summed E-state index contributed by atoms with van der Waals surface area (Å²) in [6.07, 6.45) is 1.32. The average molecular weight is 226 g/mol. The number of H-pyrrole nitrogens is 1. The normalized spacial score (nSPS) is 12.8. The molecule has 0 aromatic carbocycles. The van der Waals surface area contributed by atoms with E-state index >= 15 is 0 Å². The fourth-order valence-corrected chi connectivity index (χ4v) is 1.28. The van der Waals surface area contributed by atoms with Crippen LogP contribution in [0.4, 0.5) is 11.5 Å². The van der Waals surface area contributed by atoms with E-state index in [0.29, 0.717) is 18.3 Å². The molecule has 1 aromatic rings. The molecule has 4 N–H and O–H groups in total. The Morgan fingerprint density at radius 3 is 2.88 bits per heavy atom. The van der Waals surface area contributed by atoms with E-state index in [0.717, 1.165) is 0 Å². The van der Waals surface area contributed by atoms with Crippen LogP contribution in [0, 0.1) is 5.92 Å². The van der Waals surface area contributed by atoms with Crippen LogP contribution in [0.1, 0.15) is 13.8 Å². The van der Waals surface area contributed by atoms with Crippen molar-refractivity contribution >= 4 is 11.5 Å². The number of hydrogen-bond acceptors (Lipinski definition) is 5. The number of aromatic amines is 1. The van der Waals surface area contributed by atoms with Crippen LogP contribution in [0.5, 0.6) is 0 Å². The second kappa shape index (κ2) is 5.50. The fraction of sp³-hybridized carbons (Fsp3) is 0.600. The summed E-state index contributed by atoms with van der Waals surface area (Å²) in [6.45, 7) is 4.64. The van der Waals surface area contributed by atoms with Crippen molar-refractivity contribution in [1.82, 2.24) is 9.97 Å². The van der Waals surface area contributed by atoms with E-state index in [1.54, 1.807) is 7.11 Å². The van der Waals surface area contributed by atoms with Crippen LogP contribution in [0.15, 0.2) is 11.1 Å². The maximum atomic E-state index is 11.3. The second-order valence-corrected chi connectivity index (χ2v) is 3.94. The summed E-state index contributed by atoms with van der Waals surface area (Å²) in [6, 6.07) is 0.0709. The molecule has 1 atom stereocenters. The van der Waals surface area contributed by atoms with Gasteiger partial charge >= 0.3 is 0 Å². The lowest BCUT2D eigenvalue weighted by molar-refractivity contribution is 0.171. The van der Waals surface area contributed by atoms with Gasteiger partial charge in [-0.2, -0.15) is 0 Å². The number of aromatic nitrogens is 2. The average Bonchev–Trinajstić information content (AvgIpc) is 2.23. The Bertz CT molecular complexity index is 389. The summed E-state index contributed by atoms with van der Waals surface area (Å²) >= 11 is 0. The topological polar surface area (TPSA) is 93.0 Å². The lowest BCUT2D eigenvalue weighted by Crippen LogP contribution is -2.32. The van der Waals surface area contributed by atoms with Crippen LogP contribution in [-0.2, 0) is 4.74 Å². The first-order valence-corrected chi connectivity index (χ1v) is 5.15. The third-order valence-electron chi connectivity index (χ3n) is 2.36. The van der Waals surface area contributed by atoms with Gasteiger partial charge in [0.05, 0.1) is 19.0 Å². The molecule has 0 amide bonds. The SMILES string of the molecule is COCC(Nc1nc[nH]c(=O)c1N)C(C)C. The summed E-state index contributed by atoms with van der Waals surface area (Å²) in [5.74, 6) is 0.750. The predicted octanol–water partition coefficient (Wildman–Crippen LogP) is 0.435. The first kappa shape index (κ1) is 12.5. The number of hydrogen-bond donors (Lipinski definition) is 3. The summed E-state index contributed by atoms with van der Waals surface area (Å²) < 4.78 is 5.09. The van der Waals surface area contributed by atoms with Crippen molar-refractivity contribution in [2.45, 2.75) is 19.9 Å². The van der Waals surface area contributed by atoms with Crippen LogP contribution in [0.25, 0.3) is 0 Å². The van der Waals surface area contributed by atoms with Gasteiger partial charge in [0.15, 0.2) is 5.82 Å². The van der Waals surface area contributed by atoms with Gasteiger partial charge < -0.3 is 20.8 Å². The molecular formula is C10H18N4O2. The van der Waals surface area contributed by atoms with Crippen LogP contribution >= 0.6 is 0 Å². The summed E-state index contributed by atoms with van der Waals surface area (Å²) in [4.78, 5) is 17.7. The van der Waals surface area contributed by atoms with Gasteiger partial charge in [-0.25, -0.2) is 4.98 Å². The quantitative estimate of drug-likeness (QED) is 0.677. The summed E-state index contributed by atoms with van der Waals surface area (Å²) in [5, 5.41) is 3.11. The molecular weight excluding hydrogens is 208 g/mol. The Balaban J connectivity index is 2.85. The first-order valence-electron chi connectivity index (χ1n) is 5.15. The molecule has 0 saturated heterocycles. The monoisotopic (exact) mass is 226 g/mol. The Kier molecular flexibility index (Phi) is 4.30. The van der Waals surface area contributed by atoms with E-state index < -0.39 is 0 Å². The highest BCUT2D eigenvalue weighted by Gasteiger charge is 2.15. The highest BCUT2D eigenvalue weighted by atomic mass is 16.5. The van der Waals surface area contributed by atoms with Gasteiger partial charge in [-0.1, -0.05) is 13.8 Å². The predicted molar refractivity (Wildman–Crippen MR) is 63.4 cm³/mol. The van der Waals surface area contributed by atoms with Gasteiger partial charge in [-0.15, -0.1) is 0 Å². The van der Waals surface area contributed by atoms with Gasteiger partial charge in [0.25, 0.3) is 5.56 Å². The molecule has 1 unspecified atom stereocenters. The van der Waals surface area contributed by atoms with E-state index in [4.69, 9.17) is 10.5 Å². The number of nitrogens with one attached hydrogen (secondary N) is 2. The van der Waals surface area contributed by atoms with E-state index in [2.05, 4.69) is 29.1 Å². The second-order valence-electron chi connectivity index (χ2n) is 3.94. The highest BCUT2D eigenvalue weighted by molar-refractivity contribution is 5.59. The largest absolute Gasteiger partial charge is 0.391 e. The highest BCUT2D eigenvalue weighted by Crippen LogP contribution is 2.13. The minimum atomic E-state index is -0.336.